The van der Waals surface area contributed by atoms with Gasteiger partial charge in [0.2, 0.25) is 5.91 Å². The largest absolute Gasteiger partial charge is 0.396 e. The molecule has 1 aliphatic heterocycles. The molecule has 3 atom stereocenters. The van der Waals surface area contributed by atoms with Gasteiger partial charge in [-0.25, -0.2) is 0 Å². The molecule has 86 valence electrons. The van der Waals surface area contributed by atoms with Crippen molar-refractivity contribution in [1.29, 1.82) is 0 Å². The minimum absolute atomic E-state index is 0.00937. The van der Waals surface area contributed by atoms with Gasteiger partial charge in [0.15, 0.2) is 0 Å². The molecule has 4 heteroatoms. The zero-order valence-electron chi connectivity index (χ0n) is 9.28. The number of fused-ring (bicyclic) bond motifs is 1. The Balaban J connectivity index is 2.08. The van der Waals surface area contributed by atoms with E-state index in [0.717, 1.165) is 19.4 Å². The van der Waals surface area contributed by atoms with E-state index in [9.17, 15) is 9.90 Å². The Morgan fingerprint density at radius 1 is 1.73 bits per heavy atom. The number of hydrogen-bond donors (Lipinski definition) is 2. The average Bonchev–Trinajstić information content (AvgIpc) is 2.72. The van der Waals surface area contributed by atoms with Gasteiger partial charge in [0, 0.05) is 18.5 Å². The molecule has 0 spiro atoms. The van der Waals surface area contributed by atoms with Crippen LogP contribution in [-0.2, 0) is 4.79 Å². The third kappa shape index (κ3) is 1.66. The molecule has 0 aromatic heterocycles. The van der Waals surface area contributed by atoms with E-state index in [-0.39, 0.29) is 17.9 Å². The summed E-state index contributed by atoms with van der Waals surface area (Å²) in [4.78, 5) is 13.6. The van der Waals surface area contributed by atoms with Crippen LogP contribution in [0.1, 0.15) is 26.2 Å². The number of nitrogens with zero attached hydrogens (tertiary/aromatic N) is 1. The molecule has 0 radical (unpaired) electrons. The molecule has 2 aliphatic rings. The Morgan fingerprint density at radius 3 is 3.00 bits per heavy atom. The highest BCUT2D eigenvalue weighted by Gasteiger charge is 2.50. The maximum atomic E-state index is 11.8. The highest BCUT2D eigenvalue weighted by atomic mass is 16.3. The van der Waals surface area contributed by atoms with Crippen LogP contribution in [0.3, 0.4) is 0 Å². The number of nitrogens with two attached hydrogens (primary N) is 1. The van der Waals surface area contributed by atoms with Crippen LogP contribution in [0, 0.1) is 11.3 Å². The summed E-state index contributed by atoms with van der Waals surface area (Å²) >= 11 is 0. The van der Waals surface area contributed by atoms with Crippen LogP contribution in [0.5, 0.6) is 0 Å². The number of likely N-dealkylation sites (tertiary alicyclic amines) is 1. The Bertz CT molecular complexity index is 267. The molecule has 0 aromatic carbocycles. The zero-order valence-corrected chi connectivity index (χ0v) is 9.28. The van der Waals surface area contributed by atoms with Crippen molar-refractivity contribution in [2.24, 2.45) is 17.1 Å². The van der Waals surface area contributed by atoms with Crippen molar-refractivity contribution in [3.63, 3.8) is 0 Å². The van der Waals surface area contributed by atoms with E-state index in [1.165, 1.54) is 6.42 Å². The van der Waals surface area contributed by atoms with Gasteiger partial charge in [-0.05, 0) is 25.7 Å². The molecule has 3 N–H and O–H groups in total. The van der Waals surface area contributed by atoms with E-state index >= 15 is 0 Å². The molecular weight excluding hydrogens is 192 g/mol. The van der Waals surface area contributed by atoms with Crippen LogP contribution in [0.4, 0.5) is 0 Å². The SMILES string of the molecule is C[C@H](N)C(=O)N1C[C@@H]2CCC[C@@]2(CO)C1. The van der Waals surface area contributed by atoms with E-state index in [1.54, 1.807) is 6.92 Å². The third-order valence-corrected chi connectivity index (χ3v) is 4.06. The molecule has 1 heterocycles. The van der Waals surface area contributed by atoms with Gasteiger partial charge < -0.3 is 15.7 Å². The van der Waals surface area contributed by atoms with Crippen LogP contribution in [0.2, 0.25) is 0 Å². The van der Waals surface area contributed by atoms with Gasteiger partial charge >= 0.3 is 0 Å². The summed E-state index contributed by atoms with van der Waals surface area (Å²) in [5.74, 6) is 0.516. The summed E-state index contributed by atoms with van der Waals surface area (Å²) in [6.07, 6.45) is 3.38. The fraction of sp³-hybridized carbons (Fsp3) is 0.909. The fourth-order valence-corrected chi connectivity index (χ4v) is 3.13. The minimum atomic E-state index is -0.417. The van der Waals surface area contributed by atoms with Crippen LogP contribution in [0.25, 0.3) is 0 Å². The van der Waals surface area contributed by atoms with Crippen molar-refractivity contribution in [3.05, 3.63) is 0 Å². The Kier molecular flexibility index (Phi) is 2.73. The first-order valence-electron chi connectivity index (χ1n) is 5.74. The monoisotopic (exact) mass is 212 g/mol. The number of rotatable bonds is 2. The first kappa shape index (κ1) is 10.9. The summed E-state index contributed by atoms with van der Waals surface area (Å²) < 4.78 is 0. The third-order valence-electron chi connectivity index (χ3n) is 4.06. The van der Waals surface area contributed by atoms with Crippen molar-refractivity contribution in [2.45, 2.75) is 32.2 Å². The quantitative estimate of drug-likeness (QED) is 0.674. The average molecular weight is 212 g/mol. The van der Waals surface area contributed by atoms with Gasteiger partial charge in [0.25, 0.3) is 0 Å². The maximum absolute atomic E-state index is 11.8. The number of carbonyl (C=O) groups excluding carboxylic acids is 1. The lowest BCUT2D eigenvalue weighted by atomic mass is 9.82. The summed E-state index contributed by atoms with van der Waals surface area (Å²) in [6.45, 7) is 3.43. The predicted molar refractivity (Wildman–Crippen MR) is 57.1 cm³/mol. The van der Waals surface area contributed by atoms with Crippen LogP contribution in [-0.4, -0.2) is 41.7 Å². The van der Waals surface area contributed by atoms with Crippen molar-refractivity contribution in [3.8, 4) is 0 Å². The maximum Gasteiger partial charge on any atom is 0.239 e. The second kappa shape index (κ2) is 3.76. The molecule has 1 aliphatic carbocycles. The highest BCUT2D eigenvalue weighted by Crippen LogP contribution is 2.48. The molecule has 15 heavy (non-hydrogen) atoms. The van der Waals surface area contributed by atoms with E-state index in [4.69, 9.17) is 5.73 Å². The number of aliphatic hydroxyl groups excluding tert-OH is 1. The van der Waals surface area contributed by atoms with Crippen LogP contribution < -0.4 is 5.73 Å². The lowest BCUT2D eigenvalue weighted by molar-refractivity contribution is -0.131. The minimum Gasteiger partial charge on any atom is -0.396 e. The summed E-state index contributed by atoms with van der Waals surface area (Å²) in [6, 6.07) is -0.417. The van der Waals surface area contributed by atoms with E-state index in [0.29, 0.717) is 12.5 Å². The number of carbonyl (C=O) groups is 1. The summed E-state index contributed by atoms with van der Waals surface area (Å²) in [5.41, 5.74) is 5.59. The van der Waals surface area contributed by atoms with Gasteiger partial charge in [0.05, 0.1) is 12.6 Å². The lowest BCUT2D eigenvalue weighted by Crippen LogP contribution is -2.42. The van der Waals surface area contributed by atoms with Crippen LogP contribution in [0.15, 0.2) is 0 Å². The molecule has 2 rings (SSSR count). The lowest BCUT2D eigenvalue weighted by Gasteiger charge is -2.26. The van der Waals surface area contributed by atoms with E-state index in [1.807, 2.05) is 4.90 Å². The smallest absolute Gasteiger partial charge is 0.239 e. The fourth-order valence-electron chi connectivity index (χ4n) is 3.13. The predicted octanol–water partition coefficient (Wildman–Crippen LogP) is -0.0454. The van der Waals surface area contributed by atoms with Crippen LogP contribution >= 0.6 is 0 Å². The summed E-state index contributed by atoms with van der Waals surface area (Å²) in [5, 5.41) is 9.50. The zero-order chi connectivity index (χ0) is 11.1. The topological polar surface area (TPSA) is 66.6 Å². The number of amides is 1. The Labute approximate surface area is 90.4 Å². The molecule has 1 saturated carbocycles. The first-order chi connectivity index (χ1) is 7.09. The second-order valence-corrected chi connectivity index (χ2v) is 5.12. The molecule has 1 saturated heterocycles. The standard InChI is InChI=1S/C11H20N2O2/c1-8(12)10(15)13-5-9-3-2-4-11(9,6-13)7-14/h8-9,14H,2-7,12H2,1H3/t8-,9-,11-/m0/s1. The van der Waals surface area contributed by atoms with Crippen molar-refractivity contribution in [2.75, 3.05) is 19.7 Å². The second-order valence-electron chi connectivity index (χ2n) is 5.12. The first-order valence-corrected chi connectivity index (χ1v) is 5.74. The normalized spacial score (nSPS) is 36.7. The van der Waals surface area contributed by atoms with Crippen molar-refractivity contribution >= 4 is 5.91 Å². The molecule has 1 amide bonds. The summed E-state index contributed by atoms with van der Waals surface area (Å²) in [7, 11) is 0. The van der Waals surface area contributed by atoms with Gasteiger partial charge in [-0.3, -0.25) is 4.79 Å². The Morgan fingerprint density at radius 2 is 2.47 bits per heavy atom. The molecular formula is C11H20N2O2. The van der Waals surface area contributed by atoms with E-state index in [2.05, 4.69) is 0 Å². The van der Waals surface area contributed by atoms with Gasteiger partial charge in [-0.1, -0.05) is 6.42 Å². The number of hydrogen-bond acceptors (Lipinski definition) is 3. The van der Waals surface area contributed by atoms with Crippen molar-refractivity contribution in [1.82, 2.24) is 4.90 Å². The molecule has 4 nitrogen and oxygen atoms in total. The van der Waals surface area contributed by atoms with Gasteiger partial charge in [-0.15, -0.1) is 0 Å². The molecule has 0 bridgehead atoms. The number of aliphatic hydroxyl groups is 1. The van der Waals surface area contributed by atoms with Gasteiger partial charge in [0.1, 0.15) is 0 Å². The molecule has 0 aromatic rings. The van der Waals surface area contributed by atoms with Gasteiger partial charge in [-0.2, -0.15) is 0 Å². The van der Waals surface area contributed by atoms with Crippen molar-refractivity contribution < 1.29 is 9.90 Å². The highest BCUT2D eigenvalue weighted by molar-refractivity contribution is 5.81. The molecule has 2 fully saturated rings. The Hall–Kier alpha value is -0.610. The van der Waals surface area contributed by atoms with E-state index < -0.39 is 6.04 Å². The molecule has 0 unspecified atom stereocenters.